The van der Waals surface area contributed by atoms with Gasteiger partial charge in [-0.2, -0.15) is 0 Å². The first-order valence-corrected chi connectivity index (χ1v) is 45.0. The number of nitriles is 4. The molecular formula is C121H97N13O5. The highest BCUT2D eigenvalue weighted by atomic mass is 16.5. The lowest BCUT2D eigenvalue weighted by atomic mass is 10.0. The molecule has 0 amide bonds. The number of hydrogen-bond donors (Lipinski definition) is 0. The molecule has 4 aliphatic heterocycles. The van der Waals surface area contributed by atoms with E-state index in [1.165, 1.54) is 38.7 Å². The molecule has 13 aromatic rings. The van der Waals surface area contributed by atoms with Crippen LogP contribution in [0.5, 0.6) is 5.75 Å². The monoisotopic (exact) mass is 1810 g/mol. The van der Waals surface area contributed by atoms with Crippen LogP contribution < -0.4 is 29.2 Å². The lowest BCUT2D eigenvalue weighted by Crippen LogP contribution is -2.11. The van der Waals surface area contributed by atoms with Crippen molar-refractivity contribution in [3.63, 3.8) is 0 Å². The van der Waals surface area contributed by atoms with Crippen LogP contribution in [0.3, 0.4) is 0 Å². The molecule has 4 heterocycles. The highest BCUT2D eigenvalue weighted by Gasteiger charge is 2.21. The van der Waals surface area contributed by atoms with Crippen LogP contribution in [0.1, 0.15) is 47.9 Å². The summed E-state index contributed by atoms with van der Waals surface area (Å²) >= 11 is 0. The van der Waals surface area contributed by atoms with Crippen LogP contribution in [0.25, 0.3) is 76.7 Å². The predicted molar refractivity (Wildman–Crippen MR) is 561 cm³/mol. The lowest BCUT2D eigenvalue weighted by Gasteiger charge is -2.27. The van der Waals surface area contributed by atoms with Gasteiger partial charge in [0.1, 0.15) is 28.8 Å². The second kappa shape index (κ2) is 48.4. The molecule has 0 fully saturated rings. The minimum Gasteiger partial charge on any atom is -0.497 e. The van der Waals surface area contributed by atoms with Gasteiger partial charge in [0.15, 0.2) is 0 Å². The molecule has 139 heavy (non-hydrogen) atoms. The lowest BCUT2D eigenvalue weighted by molar-refractivity contribution is 0.219. The minimum absolute atomic E-state index is 0.122. The molecule has 676 valence electrons. The summed E-state index contributed by atoms with van der Waals surface area (Å²) in [5.41, 5.74) is 24.2. The average Bonchev–Trinajstić information content (AvgIpc) is 0.780. The van der Waals surface area contributed by atoms with Crippen molar-refractivity contribution in [3.05, 3.63) is 512 Å². The molecule has 0 saturated heterocycles. The Balaban J connectivity index is 0.000000150. The van der Waals surface area contributed by atoms with Crippen LogP contribution in [0.15, 0.2) is 444 Å². The molecule has 18 heteroatoms. The van der Waals surface area contributed by atoms with Gasteiger partial charge < -0.3 is 48.2 Å². The largest absolute Gasteiger partial charge is 0.497 e. The molecule has 17 rings (SSSR count). The van der Waals surface area contributed by atoms with Crippen molar-refractivity contribution in [1.29, 1.82) is 21.0 Å². The van der Waals surface area contributed by atoms with Crippen LogP contribution in [0, 0.1) is 71.6 Å². The highest BCUT2D eigenvalue weighted by molar-refractivity contribution is 5.99. The van der Waals surface area contributed by atoms with E-state index in [2.05, 4.69) is 317 Å². The summed E-state index contributed by atoms with van der Waals surface area (Å²) in [6, 6.07) is 121. The Hall–Kier alpha value is -19.1. The Bertz CT molecular complexity index is 7150. The number of hydrogen-bond acceptors (Lipinski definition) is 14. The van der Waals surface area contributed by atoms with E-state index < -0.39 is 0 Å². The first kappa shape index (κ1) is 96.0. The summed E-state index contributed by atoms with van der Waals surface area (Å²) < 4.78 is 27.9. The number of anilines is 11. The van der Waals surface area contributed by atoms with E-state index in [1.54, 1.807) is 31.4 Å². The van der Waals surface area contributed by atoms with E-state index in [0.717, 1.165) is 107 Å². The first-order valence-electron chi connectivity index (χ1n) is 45.0. The summed E-state index contributed by atoms with van der Waals surface area (Å²) in [6.45, 7) is 30.4. The molecule has 0 N–H and O–H groups in total. The van der Waals surface area contributed by atoms with E-state index in [1.807, 2.05) is 156 Å². The number of nitrogens with zero attached hydrogens (tertiary/aromatic N) is 13. The molecule has 0 radical (unpaired) electrons. The van der Waals surface area contributed by atoms with Crippen LogP contribution in [0.2, 0.25) is 0 Å². The summed E-state index contributed by atoms with van der Waals surface area (Å²) in [5.74, 6) is 3.44. The Morgan fingerprint density at radius 1 is 0.288 bits per heavy atom. The van der Waals surface area contributed by atoms with Gasteiger partial charge in [-0.05, 0) is 286 Å². The molecular weight excluding hydrogens is 1720 g/mol. The van der Waals surface area contributed by atoms with Gasteiger partial charge in [0.2, 0.25) is 0 Å². The number of benzene rings is 13. The maximum absolute atomic E-state index is 9.23. The van der Waals surface area contributed by atoms with Crippen molar-refractivity contribution < 1.29 is 23.7 Å². The van der Waals surface area contributed by atoms with Crippen molar-refractivity contribution in [2.45, 2.75) is 25.7 Å². The molecule has 0 aliphatic carbocycles. The molecule has 0 saturated carbocycles. The third kappa shape index (κ3) is 25.6. The molecule has 0 spiro atoms. The normalized spacial score (nSPS) is 14.4. The second-order valence-corrected chi connectivity index (χ2v) is 32.2. The molecule has 13 aromatic carbocycles. The van der Waals surface area contributed by atoms with Gasteiger partial charge in [-0.25, -0.2) is 40.4 Å². The smallest absolute Gasteiger partial charge is 0.265 e. The minimum atomic E-state index is 0.122. The molecule has 18 nitrogen and oxygen atoms in total. The third-order valence-electron chi connectivity index (χ3n) is 23.2. The van der Waals surface area contributed by atoms with Crippen LogP contribution >= 0.6 is 0 Å². The number of methoxy groups -OCH3 is 1. The van der Waals surface area contributed by atoms with E-state index in [-0.39, 0.29) is 22.8 Å². The molecule has 4 aliphatic rings. The molecule has 0 unspecified atom stereocenters. The Labute approximate surface area is 813 Å². The van der Waals surface area contributed by atoms with Gasteiger partial charge in [-0.15, -0.1) is 0 Å². The standard InChI is InChI=1S/C40H29N3O.C32H23N3O.C25H24N4O.C24H21N3O2/c1-42-40(29-41)35-26-27-44-39(28-35)25-14-30-12-19-36(20-13-30)43(37-21-15-33(16-22-37)31-8-4-2-5-9-31)38-23-17-34(18-24-38)32-10-6-3-7-11-32;1-34-31(23-33)26-20-21-36-29(22-26)19-16-24-14-17-28(18-15-24)35(27-10-3-2-4-11-27)32-13-7-9-25-8-5-6-12-30(25)32;1-27-25(18-26)20-15-16-30-24(17-20)14-7-19-5-8-22(9-6-19)29(4)23-12-10-21(11-13-23)28(2)3;1-26-24(17-25)19-14-15-29-23(16-19)11-6-18-4-7-20(8-5-18)27(2)21-9-12-22(28-3)13-10-21/h2-25,28H,26-27H2;2-19,22H,20-21H2;5-14,17H,15-16H2,2-4H3;4-13,16H,14-15H2,2-3H3/b25-14+,40-35-;19-16+,31-26-;14-7+,25-20-;11-6+,24-19-. The quantitative estimate of drug-likeness (QED) is 0.0463. The van der Waals surface area contributed by atoms with Crippen LogP contribution in [-0.4, -0.2) is 61.7 Å². The Morgan fingerprint density at radius 3 is 0.878 bits per heavy atom. The van der Waals surface area contributed by atoms with E-state index in [9.17, 15) is 5.26 Å². The number of ether oxygens (including phenoxy) is 5. The van der Waals surface area contributed by atoms with Gasteiger partial charge in [0.05, 0.1) is 89.8 Å². The number of allylic oxidation sites excluding steroid dienone is 12. The zero-order valence-corrected chi connectivity index (χ0v) is 77.6. The van der Waals surface area contributed by atoms with Crippen molar-refractivity contribution in [1.82, 2.24) is 0 Å². The van der Waals surface area contributed by atoms with Gasteiger partial charge in [0.25, 0.3) is 22.8 Å². The zero-order valence-electron chi connectivity index (χ0n) is 77.6. The maximum atomic E-state index is 9.23. The van der Waals surface area contributed by atoms with E-state index >= 15 is 0 Å². The fourth-order valence-electron chi connectivity index (χ4n) is 15.7. The number of para-hydroxylation sites is 1. The van der Waals surface area contributed by atoms with Gasteiger partial charge in [-0.3, -0.25) is 0 Å². The molecule has 0 aromatic heterocycles. The maximum Gasteiger partial charge on any atom is 0.265 e. The predicted octanol–water partition coefficient (Wildman–Crippen LogP) is 29.8. The topological polar surface area (TPSA) is 175 Å². The number of rotatable bonds is 22. The van der Waals surface area contributed by atoms with Crippen molar-refractivity contribution in [2.24, 2.45) is 0 Å². The Kier molecular flexibility index (Phi) is 33.4. The Morgan fingerprint density at radius 2 is 0.554 bits per heavy atom. The molecule has 0 bridgehead atoms. The average molecular weight is 1810 g/mol. The summed E-state index contributed by atoms with van der Waals surface area (Å²) in [6.07, 6.45) is 24.8. The van der Waals surface area contributed by atoms with Crippen molar-refractivity contribution >= 4 is 97.6 Å². The van der Waals surface area contributed by atoms with E-state index in [4.69, 9.17) is 65.8 Å². The first-order chi connectivity index (χ1) is 68.1. The number of fused-ring (bicyclic) bond motifs is 1. The second-order valence-electron chi connectivity index (χ2n) is 32.2. The zero-order chi connectivity index (χ0) is 97.0. The van der Waals surface area contributed by atoms with Crippen LogP contribution in [-0.2, 0) is 18.9 Å². The SMILES string of the molecule is [C-]#[N+]/C(C#N)=C1C=C(/C=C/c2ccc(N(C)c3ccc(N(C)C)cc3)cc2)OCC\1.[C-]#[N+]/C(C#N)=C1C=C(/C=C/c2ccc(N(C)c3ccc(OC)cc3)cc2)OCC\1.[C-]#[N+]/C(C#N)=C1C=C(/C=C/c2ccc(N(c3ccc(-c4ccccc4)cc3)c3ccc(-c4ccccc4)cc3)cc2)OCC\1.[C-]#[N+]/C(C#N)=C1C=C(/C=C/c2ccc(N(c3ccccc3)c3cccc4ccccc34)cc2)OCC\1. The fourth-order valence-corrected chi connectivity index (χ4v) is 15.7. The van der Waals surface area contributed by atoms with Crippen molar-refractivity contribution in [2.75, 3.05) is 86.2 Å². The fraction of sp³-hybridized carbons (Fsp3) is 0.107. The summed E-state index contributed by atoms with van der Waals surface area (Å²) in [5, 5.41) is 38.8. The van der Waals surface area contributed by atoms with Gasteiger partial charge >= 0.3 is 0 Å². The van der Waals surface area contributed by atoms with E-state index in [0.29, 0.717) is 75.1 Å². The van der Waals surface area contributed by atoms with Gasteiger partial charge in [0, 0.05) is 90.5 Å². The molecule has 0 atom stereocenters. The summed E-state index contributed by atoms with van der Waals surface area (Å²) in [7, 11) is 9.79. The third-order valence-corrected chi connectivity index (χ3v) is 23.2. The van der Waals surface area contributed by atoms with Crippen LogP contribution in [0.4, 0.5) is 62.6 Å². The van der Waals surface area contributed by atoms with Gasteiger partial charge in [-0.1, -0.05) is 212 Å². The van der Waals surface area contributed by atoms with Crippen molar-refractivity contribution in [3.8, 4) is 52.3 Å². The highest BCUT2D eigenvalue weighted by Crippen LogP contribution is 2.42. The summed E-state index contributed by atoms with van der Waals surface area (Å²) in [4.78, 5) is 24.1.